The van der Waals surface area contributed by atoms with Gasteiger partial charge in [0, 0.05) is 19.6 Å². The number of anilines is 1. The van der Waals surface area contributed by atoms with Crippen LogP contribution >= 0.6 is 0 Å². The van der Waals surface area contributed by atoms with E-state index in [0.717, 1.165) is 13.1 Å². The molecule has 0 spiro atoms. The van der Waals surface area contributed by atoms with E-state index < -0.39 is 0 Å². The molecule has 0 amide bonds. The predicted molar refractivity (Wildman–Crippen MR) is 66.3 cm³/mol. The molecule has 2 aliphatic heterocycles. The van der Waals surface area contributed by atoms with Crippen molar-refractivity contribution in [3.05, 3.63) is 5.89 Å². The summed E-state index contributed by atoms with van der Waals surface area (Å²) in [5.41, 5.74) is 0. The normalized spacial score (nSPS) is 29.5. The van der Waals surface area contributed by atoms with Gasteiger partial charge in [0.05, 0.1) is 12.1 Å². The molecule has 2 unspecified atom stereocenters. The lowest BCUT2D eigenvalue weighted by Crippen LogP contribution is -2.25. The molecule has 0 aliphatic carbocycles. The Morgan fingerprint density at radius 3 is 2.67 bits per heavy atom. The molecule has 0 saturated carbocycles. The maximum atomic E-state index is 9.49. The molecule has 2 N–H and O–H groups in total. The van der Waals surface area contributed by atoms with Crippen LogP contribution in [0.5, 0.6) is 0 Å². The second kappa shape index (κ2) is 5.24. The van der Waals surface area contributed by atoms with Crippen LogP contribution in [-0.4, -0.2) is 41.0 Å². The zero-order chi connectivity index (χ0) is 12.4. The topological polar surface area (TPSA) is 74.4 Å². The van der Waals surface area contributed by atoms with E-state index in [1.807, 2.05) is 0 Å². The molecule has 2 aliphatic rings. The van der Waals surface area contributed by atoms with Crippen molar-refractivity contribution in [1.29, 1.82) is 0 Å². The minimum absolute atomic E-state index is 0.00762. The average molecular weight is 252 g/mol. The maximum Gasteiger partial charge on any atom is 0.266 e. The van der Waals surface area contributed by atoms with E-state index in [1.165, 1.54) is 25.7 Å². The van der Waals surface area contributed by atoms with Crippen molar-refractivity contribution in [3.63, 3.8) is 0 Å². The van der Waals surface area contributed by atoms with Gasteiger partial charge in [0.2, 0.25) is 5.89 Å². The second-order valence-corrected chi connectivity index (χ2v) is 5.18. The first-order chi connectivity index (χ1) is 8.83. The largest absolute Gasteiger partial charge is 0.392 e. The monoisotopic (exact) mass is 252 g/mol. The van der Waals surface area contributed by atoms with Crippen LogP contribution in [0.1, 0.15) is 44.0 Å². The molecule has 6 nitrogen and oxygen atoms in total. The fraction of sp³-hybridized carbons (Fsp3) is 0.833. The van der Waals surface area contributed by atoms with Crippen molar-refractivity contribution in [2.24, 2.45) is 0 Å². The summed E-state index contributed by atoms with van der Waals surface area (Å²) in [5.74, 6) is 1.31. The van der Waals surface area contributed by atoms with Gasteiger partial charge in [-0.25, -0.2) is 0 Å². The number of rotatable bonds is 2. The predicted octanol–water partition coefficient (Wildman–Crippen LogP) is 0.845. The van der Waals surface area contributed by atoms with Crippen LogP contribution in [0, 0.1) is 0 Å². The third-order valence-electron chi connectivity index (χ3n) is 3.73. The molecular formula is C12H20N4O2. The highest BCUT2D eigenvalue weighted by atomic mass is 16.5. The van der Waals surface area contributed by atoms with E-state index in [9.17, 15) is 5.11 Å². The molecule has 2 atom stereocenters. The van der Waals surface area contributed by atoms with Gasteiger partial charge in [-0.3, -0.25) is 0 Å². The number of aliphatic hydroxyl groups excluding tert-OH is 1. The molecule has 1 aromatic heterocycles. The zero-order valence-electron chi connectivity index (χ0n) is 10.5. The van der Waals surface area contributed by atoms with Gasteiger partial charge >= 0.3 is 0 Å². The minimum Gasteiger partial charge on any atom is -0.392 e. The highest BCUT2D eigenvalue weighted by Gasteiger charge is 2.28. The molecule has 3 heterocycles. The average Bonchev–Trinajstić information content (AvgIpc) is 2.92. The molecule has 0 bridgehead atoms. The van der Waals surface area contributed by atoms with E-state index in [2.05, 4.69) is 20.4 Å². The van der Waals surface area contributed by atoms with Crippen LogP contribution in [0.15, 0.2) is 4.52 Å². The van der Waals surface area contributed by atoms with E-state index in [-0.39, 0.29) is 12.1 Å². The summed E-state index contributed by atoms with van der Waals surface area (Å²) in [5, 5.41) is 16.7. The van der Waals surface area contributed by atoms with Crippen LogP contribution in [0.3, 0.4) is 0 Å². The molecule has 3 rings (SSSR count). The molecule has 0 radical (unpaired) electrons. The van der Waals surface area contributed by atoms with Gasteiger partial charge in [-0.15, -0.1) is 0 Å². The number of hydrogen-bond donors (Lipinski definition) is 2. The van der Waals surface area contributed by atoms with Crippen LogP contribution in [0.2, 0.25) is 0 Å². The summed E-state index contributed by atoms with van der Waals surface area (Å²) in [4.78, 5) is 6.67. The number of nitrogens with zero attached hydrogens (tertiary/aromatic N) is 3. The third kappa shape index (κ3) is 2.49. The lowest BCUT2D eigenvalue weighted by molar-refractivity contribution is 0.191. The van der Waals surface area contributed by atoms with E-state index in [0.29, 0.717) is 24.8 Å². The zero-order valence-corrected chi connectivity index (χ0v) is 10.5. The van der Waals surface area contributed by atoms with E-state index in [4.69, 9.17) is 4.52 Å². The number of β-amino-alcohol motifs (C(OH)–C–C–N with tert-alkyl or cyclic N) is 1. The van der Waals surface area contributed by atoms with Gasteiger partial charge in [0.15, 0.2) is 0 Å². The van der Waals surface area contributed by atoms with E-state index in [1.54, 1.807) is 0 Å². The van der Waals surface area contributed by atoms with Crippen LogP contribution in [0.25, 0.3) is 0 Å². The van der Waals surface area contributed by atoms with Gasteiger partial charge in [0.25, 0.3) is 5.95 Å². The number of aliphatic hydroxyl groups is 1. The highest BCUT2D eigenvalue weighted by Crippen LogP contribution is 2.24. The summed E-state index contributed by atoms with van der Waals surface area (Å²) in [6.07, 6.45) is 5.33. The van der Waals surface area contributed by atoms with Crippen molar-refractivity contribution < 1.29 is 9.63 Å². The third-order valence-corrected chi connectivity index (χ3v) is 3.73. The molecule has 2 saturated heterocycles. The van der Waals surface area contributed by atoms with Crippen molar-refractivity contribution in [2.45, 2.75) is 44.2 Å². The van der Waals surface area contributed by atoms with Gasteiger partial charge in [-0.2, -0.15) is 4.98 Å². The summed E-state index contributed by atoms with van der Waals surface area (Å²) in [7, 11) is 0. The lowest BCUT2D eigenvalue weighted by atomic mass is 10.2. The minimum atomic E-state index is -0.302. The Labute approximate surface area is 106 Å². The standard InChI is InChI=1S/C12H20N4O2/c17-9-7-10(13-8-9)11-14-12(15-18-11)16-5-3-1-2-4-6-16/h9-10,13,17H,1-8H2. The number of aromatic nitrogens is 2. The molecule has 6 heteroatoms. The Morgan fingerprint density at radius 2 is 2.00 bits per heavy atom. The molecule has 18 heavy (non-hydrogen) atoms. The smallest absolute Gasteiger partial charge is 0.266 e. The summed E-state index contributed by atoms with van der Waals surface area (Å²) in [6.45, 7) is 2.63. The lowest BCUT2D eigenvalue weighted by Gasteiger charge is -2.16. The van der Waals surface area contributed by atoms with E-state index >= 15 is 0 Å². The molecule has 0 aromatic carbocycles. The molecule has 100 valence electrons. The SMILES string of the molecule is OC1CNC(c2nc(N3CCCCCC3)no2)C1. The number of hydrogen-bond acceptors (Lipinski definition) is 6. The first-order valence-corrected chi connectivity index (χ1v) is 6.83. The number of nitrogens with one attached hydrogen (secondary N) is 1. The quantitative estimate of drug-likeness (QED) is 0.812. The van der Waals surface area contributed by atoms with Crippen LogP contribution in [0.4, 0.5) is 5.95 Å². The Kier molecular flexibility index (Phi) is 3.47. The fourth-order valence-electron chi connectivity index (χ4n) is 2.67. The fourth-order valence-corrected chi connectivity index (χ4v) is 2.67. The van der Waals surface area contributed by atoms with Crippen molar-refractivity contribution in [1.82, 2.24) is 15.5 Å². The molecular weight excluding hydrogens is 232 g/mol. The first kappa shape index (κ1) is 11.9. The van der Waals surface area contributed by atoms with Crippen molar-refractivity contribution in [3.8, 4) is 0 Å². The first-order valence-electron chi connectivity index (χ1n) is 6.83. The van der Waals surface area contributed by atoms with Gasteiger partial charge in [0.1, 0.15) is 0 Å². The second-order valence-electron chi connectivity index (χ2n) is 5.18. The van der Waals surface area contributed by atoms with Gasteiger partial charge < -0.3 is 19.8 Å². The van der Waals surface area contributed by atoms with Crippen molar-refractivity contribution >= 4 is 5.95 Å². The summed E-state index contributed by atoms with van der Waals surface area (Å²) in [6, 6.07) is 0.00762. The van der Waals surface area contributed by atoms with Crippen molar-refractivity contribution in [2.75, 3.05) is 24.5 Å². The maximum absolute atomic E-state index is 9.49. The van der Waals surface area contributed by atoms with Gasteiger partial charge in [-0.1, -0.05) is 12.8 Å². The van der Waals surface area contributed by atoms with Crippen LogP contribution in [-0.2, 0) is 0 Å². The highest BCUT2D eigenvalue weighted by molar-refractivity contribution is 5.28. The summed E-state index contributed by atoms with van der Waals surface area (Å²) < 4.78 is 5.31. The molecule has 2 fully saturated rings. The Hall–Kier alpha value is -1.14. The van der Waals surface area contributed by atoms with Gasteiger partial charge in [-0.05, 0) is 24.4 Å². The Morgan fingerprint density at radius 1 is 1.22 bits per heavy atom. The Balaban J connectivity index is 1.68. The molecule has 1 aromatic rings. The Bertz CT molecular complexity index is 387. The summed E-state index contributed by atoms with van der Waals surface area (Å²) >= 11 is 0. The van der Waals surface area contributed by atoms with Crippen LogP contribution < -0.4 is 10.2 Å².